The molecule has 0 amide bonds. The highest BCUT2D eigenvalue weighted by Gasteiger charge is 2.44. The van der Waals surface area contributed by atoms with E-state index in [0.717, 1.165) is 12.8 Å². The maximum absolute atomic E-state index is 6.66. The Hall–Kier alpha value is 0.0938. The molecule has 0 spiro atoms. The molecule has 23 heavy (non-hydrogen) atoms. The molecule has 0 radical (unpaired) electrons. The van der Waals surface area contributed by atoms with Crippen molar-refractivity contribution in [3.63, 3.8) is 0 Å². The molecule has 4 heteroatoms. The fraction of sp³-hybridized carbons (Fsp3) is 0.895. The van der Waals surface area contributed by atoms with Crippen molar-refractivity contribution >= 4 is 16.6 Å². The van der Waals surface area contributed by atoms with Gasteiger partial charge in [0.2, 0.25) is 0 Å². The van der Waals surface area contributed by atoms with Crippen LogP contribution < -0.4 is 0 Å². The normalized spacial score (nSPS) is 24.9. The predicted octanol–water partition coefficient (Wildman–Crippen LogP) is 6.51. The fourth-order valence-corrected chi connectivity index (χ4v) is 5.07. The second-order valence-corrected chi connectivity index (χ2v) is 19.8. The third-order valence-corrected chi connectivity index (χ3v) is 15.2. The molecule has 0 N–H and O–H groups in total. The van der Waals surface area contributed by atoms with Gasteiger partial charge in [-0.3, -0.25) is 0 Å². The van der Waals surface area contributed by atoms with Crippen LogP contribution in [0.5, 0.6) is 0 Å². The smallest absolute Gasteiger partial charge is 0.192 e. The summed E-state index contributed by atoms with van der Waals surface area (Å²) in [6, 6.07) is 0. The van der Waals surface area contributed by atoms with Crippen LogP contribution in [0.25, 0.3) is 0 Å². The van der Waals surface area contributed by atoms with Crippen molar-refractivity contribution in [1.29, 1.82) is 0 Å². The first-order chi connectivity index (χ1) is 10.1. The molecule has 0 aromatic rings. The van der Waals surface area contributed by atoms with E-state index in [0.29, 0.717) is 0 Å². The van der Waals surface area contributed by atoms with Crippen LogP contribution in [0.1, 0.15) is 60.8 Å². The molecule has 1 aliphatic carbocycles. The predicted molar refractivity (Wildman–Crippen MR) is 107 cm³/mol. The Balaban J connectivity index is 2.84. The molecule has 0 aromatic carbocycles. The van der Waals surface area contributed by atoms with Gasteiger partial charge in [-0.15, -0.1) is 0 Å². The van der Waals surface area contributed by atoms with Crippen LogP contribution in [0.2, 0.25) is 36.3 Å². The van der Waals surface area contributed by atoms with Crippen LogP contribution in [0.15, 0.2) is 12.2 Å². The minimum Gasteiger partial charge on any atom is -0.410 e. The molecule has 2 nitrogen and oxygen atoms in total. The molecule has 1 fully saturated rings. The maximum atomic E-state index is 6.66. The average molecular weight is 357 g/mol. The first-order valence-corrected chi connectivity index (χ1v) is 14.9. The molecule has 0 aliphatic heterocycles. The lowest BCUT2D eigenvalue weighted by atomic mass is 9.91. The first kappa shape index (κ1) is 21.1. The van der Waals surface area contributed by atoms with Crippen molar-refractivity contribution < 1.29 is 8.85 Å². The second kappa shape index (κ2) is 6.77. The number of hydrogen-bond acceptors (Lipinski definition) is 2. The minimum absolute atomic E-state index is 0.180. The lowest BCUT2D eigenvalue weighted by Crippen LogP contribution is -2.49. The molecule has 0 bridgehead atoms. The third kappa shape index (κ3) is 5.03. The Morgan fingerprint density at radius 3 is 1.35 bits per heavy atom. The van der Waals surface area contributed by atoms with E-state index in [2.05, 4.69) is 74.3 Å². The Morgan fingerprint density at radius 1 is 0.783 bits per heavy atom. The van der Waals surface area contributed by atoms with E-state index in [-0.39, 0.29) is 22.3 Å². The van der Waals surface area contributed by atoms with Gasteiger partial charge in [-0.25, -0.2) is 0 Å². The molecule has 0 saturated heterocycles. The topological polar surface area (TPSA) is 18.5 Å². The first-order valence-electron chi connectivity index (χ1n) is 9.13. The lowest BCUT2D eigenvalue weighted by Gasteiger charge is -2.45. The van der Waals surface area contributed by atoms with Gasteiger partial charge in [-0.2, -0.15) is 0 Å². The van der Waals surface area contributed by atoms with Gasteiger partial charge in [0.05, 0.1) is 12.2 Å². The number of rotatable bonds is 4. The highest BCUT2D eigenvalue weighted by molar-refractivity contribution is 6.74. The molecule has 1 rings (SSSR count). The molecule has 0 unspecified atom stereocenters. The molecule has 2 atom stereocenters. The highest BCUT2D eigenvalue weighted by Crippen LogP contribution is 2.43. The molecule has 0 aromatic heterocycles. The van der Waals surface area contributed by atoms with Crippen molar-refractivity contribution in [1.82, 2.24) is 0 Å². The van der Waals surface area contributed by atoms with E-state index in [4.69, 9.17) is 8.85 Å². The van der Waals surface area contributed by atoms with Crippen LogP contribution in [-0.2, 0) is 8.85 Å². The van der Waals surface area contributed by atoms with E-state index in [1.54, 1.807) is 0 Å². The molecular weight excluding hydrogens is 316 g/mol. The van der Waals surface area contributed by atoms with Gasteiger partial charge < -0.3 is 8.85 Å². The third-order valence-electron chi connectivity index (χ3n) is 6.25. The van der Waals surface area contributed by atoms with Gasteiger partial charge in [0.15, 0.2) is 16.6 Å². The summed E-state index contributed by atoms with van der Waals surface area (Å²) in [6.07, 6.45) is 3.74. The van der Waals surface area contributed by atoms with Crippen LogP contribution in [0, 0.1) is 0 Å². The summed E-state index contributed by atoms with van der Waals surface area (Å²) in [7, 11) is -3.53. The standard InChI is InChI=1S/C19H40O2Si2/c1-15-16(20-22(8,9)18(2,3)4)13-12-14-17(15)21-23(10,11)19(5,6)7/h16-17H,1,12-14H2,2-11H3/t16-,17-/m1/s1. The van der Waals surface area contributed by atoms with E-state index < -0.39 is 16.6 Å². The van der Waals surface area contributed by atoms with Crippen molar-refractivity contribution in [3.8, 4) is 0 Å². The zero-order valence-corrected chi connectivity index (χ0v) is 19.3. The van der Waals surface area contributed by atoms with Crippen LogP contribution in [-0.4, -0.2) is 28.8 Å². The van der Waals surface area contributed by atoms with Gasteiger partial charge in [0.25, 0.3) is 0 Å². The van der Waals surface area contributed by atoms with Crippen LogP contribution >= 0.6 is 0 Å². The quantitative estimate of drug-likeness (QED) is 0.422. The summed E-state index contributed by atoms with van der Waals surface area (Å²) < 4.78 is 13.3. The van der Waals surface area contributed by atoms with Crippen molar-refractivity contribution in [3.05, 3.63) is 12.2 Å². The molecule has 0 heterocycles. The minimum atomic E-state index is -1.76. The van der Waals surface area contributed by atoms with Gasteiger partial charge in [0, 0.05) is 0 Å². The number of hydrogen-bond donors (Lipinski definition) is 0. The summed E-state index contributed by atoms with van der Waals surface area (Å²) in [5, 5.41) is 0.473. The summed E-state index contributed by atoms with van der Waals surface area (Å²) in [4.78, 5) is 0. The zero-order chi connectivity index (χ0) is 18.3. The van der Waals surface area contributed by atoms with Crippen molar-refractivity contribution in [2.24, 2.45) is 0 Å². The summed E-state index contributed by atoms with van der Waals surface area (Å²) in [5.74, 6) is 0. The second-order valence-electron chi connectivity index (χ2n) is 10.2. The highest BCUT2D eigenvalue weighted by atomic mass is 28.4. The van der Waals surface area contributed by atoms with Gasteiger partial charge in [0.1, 0.15) is 0 Å². The summed E-state index contributed by atoms with van der Waals surface area (Å²) in [5.41, 5.74) is 1.19. The Bertz CT molecular complexity index is 390. The van der Waals surface area contributed by atoms with Gasteiger partial charge in [-0.1, -0.05) is 48.1 Å². The zero-order valence-electron chi connectivity index (χ0n) is 17.3. The largest absolute Gasteiger partial charge is 0.410 e. The molecule has 1 saturated carbocycles. The fourth-order valence-electron chi connectivity index (χ4n) is 2.40. The van der Waals surface area contributed by atoms with Crippen molar-refractivity contribution in [2.45, 2.75) is 109 Å². The molecular formula is C19H40O2Si2. The average Bonchev–Trinajstić information content (AvgIpc) is 2.31. The van der Waals surface area contributed by atoms with Crippen molar-refractivity contribution in [2.75, 3.05) is 0 Å². The SMILES string of the molecule is C=C1[C@H](O[Si](C)(C)C(C)(C)C)CCC[C@H]1O[Si](C)(C)C(C)(C)C. The Morgan fingerprint density at radius 2 is 1.09 bits per heavy atom. The van der Waals surface area contributed by atoms with Crippen LogP contribution in [0.3, 0.4) is 0 Å². The molecule has 136 valence electrons. The van der Waals surface area contributed by atoms with Gasteiger partial charge in [-0.05, 0) is 61.1 Å². The van der Waals surface area contributed by atoms with E-state index in [9.17, 15) is 0 Å². The Kier molecular flexibility index (Phi) is 6.23. The Labute approximate surface area is 147 Å². The molecule has 1 aliphatic rings. The maximum Gasteiger partial charge on any atom is 0.192 e. The van der Waals surface area contributed by atoms with E-state index >= 15 is 0 Å². The van der Waals surface area contributed by atoms with Gasteiger partial charge >= 0.3 is 0 Å². The summed E-state index contributed by atoms with van der Waals surface area (Å²) >= 11 is 0. The van der Waals surface area contributed by atoms with E-state index in [1.165, 1.54) is 12.0 Å². The lowest BCUT2D eigenvalue weighted by molar-refractivity contribution is 0.111. The summed E-state index contributed by atoms with van der Waals surface area (Å²) in [6.45, 7) is 27.5. The monoisotopic (exact) mass is 356 g/mol. The van der Waals surface area contributed by atoms with E-state index in [1.807, 2.05) is 0 Å². The van der Waals surface area contributed by atoms with Crippen LogP contribution in [0.4, 0.5) is 0 Å².